The molecular weight excluding hydrogens is 315 g/mol. The molecule has 4 heteroatoms. The maximum Gasteiger partial charge on any atom is 0.224 e. The summed E-state index contributed by atoms with van der Waals surface area (Å²) in [6.07, 6.45) is 2.40. The Kier molecular flexibility index (Phi) is 6.57. The zero-order valence-electron chi connectivity index (χ0n) is 15.4. The van der Waals surface area contributed by atoms with E-state index < -0.39 is 0 Å². The largest absolute Gasteiger partial charge is 0.378 e. The lowest BCUT2D eigenvalue weighted by atomic mass is 10.0. The van der Waals surface area contributed by atoms with Crippen molar-refractivity contribution < 1.29 is 9.18 Å². The minimum atomic E-state index is -0.234. The van der Waals surface area contributed by atoms with Crippen molar-refractivity contribution in [3.05, 3.63) is 58.9 Å². The van der Waals surface area contributed by atoms with Gasteiger partial charge in [-0.25, -0.2) is 4.39 Å². The van der Waals surface area contributed by atoms with Gasteiger partial charge >= 0.3 is 0 Å². The Morgan fingerprint density at radius 3 is 2.68 bits per heavy atom. The van der Waals surface area contributed by atoms with Crippen LogP contribution in [0, 0.1) is 12.7 Å². The number of carbonyl (C=O) groups is 1. The van der Waals surface area contributed by atoms with Crippen LogP contribution in [0.2, 0.25) is 0 Å². The summed E-state index contributed by atoms with van der Waals surface area (Å²) in [5.74, 6) is -0.206. The van der Waals surface area contributed by atoms with E-state index in [1.807, 2.05) is 33.8 Å². The van der Waals surface area contributed by atoms with Crippen LogP contribution in [-0.2, 0) is 11.2 Å². The van der Waals surface area contributed by atoms with Crippen molar-refractivity contribution in [3.63, 3.8) is 0 Å². The van der Waals surface area contributed by atoms with Crippen molar-refractivity contribution in [1.82, 2.24) is 0 Å². The number of amides is 1. The molecule has 2 aromatic rings. The van der Waals surface area contributed by atoms with E-state index in [-0.39, 0.29) is 17.8 Å². The highest BCUT2D eigenvalue weighted by molar-refractivity contribution is 5.91. The number of aryl methyl sites for hydroxylation is 2. The summed E-state index contributed by atoms with van der Waals surface area (Å²) in [6.45, 7) is 7.85. The van der Waals surface area contributed by atoms with Crippen LogP contribution in [0.1, 0.15) is 56.3 Å². The number of benzene rings is 2. The standard InChI is InChI=1S/C19H21FN2O.C2H6/c1-3-19(23)22-18-10-13-7-8-17(16(13)9-12(18)2)21-15-6-4-5-14(20)11-15;1-2/h4-6,9-11,17,21H,3,7-8H2,1-2H3,(H,22,23);1-2H3. The lowest BCUT2D eigenvalue weighted by Crippen LogP contribution is -2.12. The molecule has 1 unspecified atom stereocenters. The number of carbonyl (C=O) groups excluding carboxylic acids is 1. The van der Waals surface area contributed by atoms with Gasteiger partial charge in [0.2, 0.25) is 5.91 Å². The summed E-state index contributed by atoms with van der Waals surface area (Å²) in [5.41, 5.74) is 5.22. The number of hydrogen-bond acceptors (Lipinski definition) is 2. The van der Waals surface area contributed by atoms with E-state index in [1.54, 1.807) is 6.07 Å². The fourth-order valence-corrected chi connectivity index (χ4v) is 3.07. The smallest absolute Gasteiger partial charge is 0.224 e. The van der Waals surface area contributed by atoms with Crippen LogP contribution in [0.4, 0.5) is 15.8 Å². The fourth-order valence-electron chi connectivity index (χ4n) is 3.07. The van der Waals surface area contributed by atoms with Crippen molar-refractivity contribution in [2.45, 2.75) is 53.0 Å². The van der Waals surface area contributed by atoms with Gasteiger partial charge in [-0.2, -0.15) is 0 Å². The molecule has 3 rings (SSSR count). The maximum atomic E-state index is 13.3. The molecule has 2 N–H and O–H groups in total. The third-order valence-corrected chi connectivity index (χ3v) is 4.32. The lowest BCUT2D eigenvalue weighted by Gasteiger charge is -2.17. The zero-order chi connectivity index (χ0) is 18.4. The van der Waals surface area contributed by atoms with E-state index in [1.165, 1.54) is 23.3 Å². The number of anilines is 2. The zero-order valence-corrected chi connectivity index (χ0v) is 15.4. The second kappa shape index (κ2) is 8.65. The third-order valence-electron chi connectivity index (χ3n) is 4.32. The molecule has 2 aromatic carbocycles. The van der Waals surface area contributed by atoms with Gasteiger partial charge < -0.3 is 10.6 Å². The topological polar surface area (TPSA) is 41.1 Å². The highest BCUT2D eigenvalue weighted by Crippen LogP contribution is 2.37. The van der Waals surface area contributed by atoms with Crippen molar-refractivity contribution >= 4 is 17.3 Å². The Balaban J connectivity index is 0.00000109. The molecule has 0 spiro atoms. The molecule has 0 heterocycles. The van der Waals surface area contributed by atoms with E-state index in [0.29, 0.717) is 6.42 Å². The summed E-state index contributed by atoms with van der Waals surface area (Å²) < 4.78 is 13.3. The molecule has 1 aliphatic rings. The van der Waals surface area contributed by atoms with Crippen LogP contribution in [0.3, 0.4) is 0 Å². The number of fused-ring (bicyclic) bond motifs is 1. The molecule has 3 nitrogen and oxygen atoms in total. The maximum absolute atomic E-state index is 13.3. The Bertz CT molecular complexity index is 743. The highest BCUT2D eigenvalue weighted by Gasteiger charge is 2.24. The number of rotatable bonds is 4. The molecule has 0 aromatic heterocycles. The predicted molar refractivity (Wildman–Crippen MR) is 103 cm³/mol. The molecule has 134 valence electrons. The quantitative estimate of drug-likeness (QED) is 0.758. The van der Waals surface area contributed by atoms with Gasteiger partial charge in [0, 0.05) is 17.8 Å². The van der Waals surface area contributed by atoms with Gasteiger partial charge in [0.25, 0.3) is 0 Å². The van der Waals surface area contributed by atoms with Crippen LogP contribution in [0.15, 0.2) is 36.4 Å². The first kappa shape index (κ1) is 19.0. The van der Waals surface area contributed by atoms with Gasteiger partial charge in [0.1, 0.15) is 5.82 Å². The van der Waals surface area contributed by atoms with Crippen molar-refractivity contribution in [2.24, 2.45) is 0 Å². The van der Waals surface area contributed by atoms with E-state index >= 15 is 0 Å². The van der Waals surface area contributed by atoms with Crippen LogP contribution < -0.4 is 10.6 Å². The predicted octanol–water partition coefficient (Wildman–Crippen LogP) is 5.61. The minimum Gasteiger partial charge on any atom is -0.378 e. The summed E-state index contributed by atoms with van der Waals surface area (Å²) in [6, 6.07) is 10.9. The first-order valence-corrected chi connectivity index (χ1v) is 9.02. The van der Waals surface area contributed by atoms with Gasteiger partial charge in [-0.1, -0.05) is 32.9 Å². The monoisotopic (exact) mass is 342 g/mol. The minimum absolute atomic E-state index is 0.0282. The van der Waals surface area contributed by atoms with Gasteiger partial charge in [-0.3, -0.25) is 4.79 Å². The van der Waals surface area contributed by atoms with Crippen molar-refractivity contribution in [3.8, 4) is 0 Å². The van der Waals surface area contributed by atoms with E-state index in [0.717, 1.165) is 29.8 Å². The summed E-state index contributed by atoms with van der Waals surface area (Å²) in [5, 5.41) is 6.36. The van der Waals surface area contributed by atoms with E-state index in [2.05, 4.69) is 22.8 Å². The molecular formula is C21H27FN2O. The normalized spacial score (nSPS) is 15.0. The third kappa shape index (κ3) is 4.59. The molecule has 0 fully saturated rings. The van der Waals surface area contributed by atoms with Crippen molar-refractivity contribution in [1.29, 1.82) is 0 Å². The first-order valence-electron chi connectivity index (χ1n) is 9.02. The molecule has 1 atom stereocenters. The van der Waals surface area contributed by atoms with Gasteiger partial charge in [-0.05, 0) is 60.7 Å². The summed E-state index contributed by atoms with van der Waals surface area (Å²) in [7, 11) is 0. The molecule has 0 saturated carbocycles. The van der Waals surface area contributed by atoms with Gasteiger partial charge in [0.05, 0.1) is 6.04 Å². The van der Waals surface area contributed by atoms with E-state index in [4.69, 9.17) is 0 Å². The number of halogens is 1. The second-order valence-electron chi connectivity index (χ2n) is 6.01. The fraction of sp³-hybridized carbons (Fsp3) is 0.381. The van der Waals surface area contributed by atoms with Gasteiger partial charge in [0.15, 0.2) is 0 Å². The SMILES string of the molecule is CC.CCC(=O)Nc1cc2c(cc1C)C(Nc1cccc(F)c1)CC2. The molecule has 0 aliphatic heterocycles. The molecule has 25 heavy (non-hydrogen) atoms. The second-order valence-corrected chi connectivity index (χ2v) is 6.01. The van der Waals surface area contributed by atoms with Crippen molar-refractivity contribution in [2.75, 3.05) is 10.6 Å². The number of nitrogens with one attached hydrogen (secondary N) is 2. The Morgan fingerprint density at radius 2 is 2.00 bits per heavy atom. The molecule has 1 aliphatic carbocycles. The Hall–Kier alpha value is -2.36. The average molecular weight is 342 g/mol. The summed E-state index contributed by atoms with van der Waals surface area (Å²) >= 11 is 0. The molecule has 0 radical (unpaired) electrons. The lowest BCUT2D eigenvalue weighted by molar-refractivity contribution is -0.115. The van der Waals surface area contributed by atoms with Crippen LogP contribution in [0.25, 0.3) is 0 Å². The Morgan fingerprint density at radius 1 is 1.24 bits per heavy atom. The van der Waals surface area contributed by atoms with Crippen LogP contribution in [0.5, 0.6) is 0 Å². The molecule has 0 bridgehead atoms. The first-order chi connectivity index (χ1) is 12.1. The average Bonchev–Trinajstić information content (AvgIpc) is 2.98. The number of hydrogen-bond donors (Lipinski definition) is 2. The van der Waals surface area contributed by atoms with E-state index in [9.17, 15) is 9.18 Å². The molecule has 1 amide bonds. The summed E-state index contributed by atoms with van der Waals surface area (Å²) in [4.78, 5) is 11.6. The molecule has 0 saturated heterocycles. The van der Waals surface area contributed by atoms with Crippen LogP contribution in [-0.4, -0.2) is 5.91 Å². The Labute approximate surface area is 149 Å². The highest BCUT2D eigenvalue weighted by atomic mass is 19.1. The van der Waals surface area contributed by atoms with Crippen LogP contribution >= 0.6 is 0 Å². The van der Waals surface area contributed by atoms with Gasteiger partial charge in [-0.15, -0.1) is 0 Å².